The Hall–Kier alpha value is -2.42. The van der Waals surface area contributed by atoms with Crippen LogP contribution in [0.25, 0.3) is 0 Å². The molecular formula is C36H50O3. The highest BCUT2D eigenvalue weighted by Crippen LogP contribution is 2.46. The van der Waals surface area contributed by atoms with Gasteiger partial charge < -0.3 is 4.74 Å². The Bertz CT molecular complexity index is 1040. The van der Waals surface area contributed by atoms with Gasteiger partial charge in [0.25, 0.3) is 0 Å². The molecule has 2 saturated carbocycles. The summed E-state index contributed by atoms with van der Waals surface area (Å²) in [5.74, 6) is 3.00. The molecule has 0 spiro atoms. The van der Waals surface area contributed by atoms with Crippen LogP contribution in [0.4, 0.5) is 0 Å². The van der Waals surface area contributed by atoms with Gasteiger partial charge in [-0.05, 0) is 86.2 Å². The number of ether oxygens (including phenoxy) is 1. The molecule has 212 valence electrons. The largest absolute Gasteiger partial charge is 0.456 e. The normalized spacial score (nSPS) is 26.1. The Morgan fingerprint density at radius 1 is 0.718 bits per heavy atom. The molecule has 0 saturated heterocycles. The summed E-state index contributed by atoms with van der Waals surface area (Å²) in [6.45, 7) is 11.3. The van der Waals surface area contributed by atoms with Gasteiger partial charge in [-0.25, -0.2) is 0 Å². The third-order valence-corrected chi connectivity index (χ3v) is 10.1. The van der Waals surface area contributed by atoms with Crippen LogP contribution in [0.5, 0.6) is 0 Å². The number of carbonyl (C=O) groups is 2. The zero-order valence-electron chi connectivity index (χ0n) is 24.9. The summed E-state index contributed by atoms with van der Waals surface area (Å²) in [5, 5.41) is 0. The molecule has 2 atom stereocenters. The summed E-state index contributed by atoms with van der Waals surface area (Å²) in [6, 6.07) is 20.4. The average Bonchev–Trinajstić information content (AvgIpc) is 2.96. The highest BCUT2D eigenvalue weighted by molar-refractivity contribution is 5.83. The Morgan fingerprint density at radius 3 is 1.67 bits per heavy atom. The zero-order chi connectivity index (χ0) is 28.0. The van der Waals surface area contributed by atoms with Crippen molar-refractivity contribution in [3.63, 3.8) is 0 Å². The molecule has 1 unspecified atom stereocenters. The molecule has 3 nitrogen and oxygen atoms in total. The molecule has 39 heavy (non-hydrogen) atoms. The van der Waals surface area contributed by atoms with E-state index in [9.17, 15) is 9.59 Å². The Labute approximate surface area is 237 Å². The first kappa shape index (κ1) is 29.6. The van der Waals surface area contributed by atoms with Gasteiger partial charge >= 0.3 is 5.97 Å². The van der Waals surface area contributed by atoms with Crippen LogP contribution in [-0.4, -0.2) is 11.8 Å². The minimum absolute atomic E-state index is 0.0618. The monoisotopic (exact) mass is 530 g/mol. The van der Waals surface area contributed by atoms with Gasteiger partial charge in [-0.1, -0.05) is 95.3 Å². The van der Waals surface area contributed by atoms with Crippen molar-refractivity contribution in [1.29, 1.82) is 0 Å². The number of hydrogen-bond acceptors (Lipinski definition) is 3. The van der Waals surface area contributed by atoms with E-state index < -0.39 is 11.5 Å². The van der Waals surface area contributed by atoms with E-state index in [0.29, 0.717) is 30.0 Å². The Balaban J connectivity index is 1.60. The molecule has 2 aromatic rings. The van der Waals surface area contributed by atoms with Crippen LogP contribution in [0.15, 0.2) is 60.7 Å². The predicted octanol–water partition coefficient (Wildman–Crippen LogP) is 9.11. The van der Waals surface area contributed by atoms with Gasteiger partial charge in [0.2, 0.25) is 0 Å². The highest BCUT2D eigenvalue weighted by Gasteiger charge is 2.44. The number of esters is 1. The molecule has 4 rings (SSSR count). The molecule has 0 radical (unpaired) electrons. The van der Waals surface area contributed by atoms with Gasteiger partial charge in [0.1, 0.15) is 11.9 Å². The summed E-state index contributed by atoms with van der Waals surface area (Å²) in [6.07, 6.45) is 8.02. The van der Waals surface area contributed by atoms with Gasteiger partial charge in [-0.3, -0.25) is 9.59 Å². The van der Waals surface area contributed by atoms with E-state index >= 15 is 0 Å². The van der Waals surface area contributed by atoms with Gasteiger partial charge in [0.05, 0.1) is 5.92 Å². The van der Waals surface area contributed by atoms with Crippen LogP contribution >= 0.6 is 0 Å². The van der Waals surface area contributed by atoms with Gasteiger partial charge in [-0.2, -0.15) is 0 Å². The van der Waals surface area contributed by atoms with Gasteiger partial charge in [-0.15, -0.1) is 0 Å². The number of ketones is 1. The number of Topliss-reactive ketones (excluding diaryl/α,β-unsaturated/α-hetero) is 1. The molecule has 2 aliphatic rings. The van der Waals surface area contributed by atoms with Crippen molar-refractivity contribution in [3.8, 4) is 0 Å². The maximum Gasteiger partial charge on any atom is 0.309 e. The molecule has 0 aliphatic heterocycles. The maximum atomic E-state index is 13.9. The predicted molar refractivity (Wildman–Crippen MR) is 159 cm³/mol. The Morgan fingerprint density at radius 2 is 1.18 bits per heavy atom. The molecule has 2 fully saturated rings. The van der Waals surface area contributed by atoms with Crippen molar-refractivity contribution in [2.24, 2.45) is 35.5 Å². The fourth-order valence-electron chi connectivity index (χ4n) is 7.21. The lowest BCUT2D eigenvalue weighted by Crippen LogP contribution is -2.39. The molecular weight excluding hydrogens is 480 g/mol. The standard InChI is InChI=1S/C36H50O3/c1-25(2)27-16-20-29(21-17-27)33(37)24-36(5,32-14-10-7-11-15-32)34(30-12-8-6-9-13-30)39-35(38)31-22-18-28(19-23-31)26(3)4/h6-15,25-29,31,34H,16-24H2,1-5H3/t27?,28?,29?,31?,34?,36-/m1/s1. The lowest BCUT2D eigenvalue weighted by molar-refractivity contribution is -0.161. The number of benzene rings is 2. The fourth-order valence-corrected chi connectivity index (χ4v) is 7.21. The maximum absolute atomic E-state index is 13.9. The average molecular weight is 531 g/mol. The molecule has 0 amide bonds. The van der Waals surface area contributed by atoms with E-state index in [1.54, 1.807) is 0 Å². The first-order valence-corrected chi connectivity index (χ1v) is 15.5. The van der Waals surface area contributed by atoms with E-state index in [1.165, 1.54) is 0 Å². The van der Waals surface area contributed by atoms with Crippen molar-refractivity contribution in [2.45, 2.75) is 104 Å². The topological polar surface area (TPSA) is 43.4 Å². The van der Waals surface area contributed by atoms with E-state index in [2.05, 4.69) is 46.8 Å². The van der Waals surface area contributed by atoms with Gasteiger partial charge in [0, 0.05) is 17.8 Å². The first-order chi connectivity index (χ1) is 18.7. The van der Waals surface area contributed by atoms with Gasteiger partial charge in [0.15, 0.2) is 0 Å². The van der Waals surface area contributed by atoms with Crippen LogP contribution in [0, 0.1) is 35.5 Å². The van der Waals surface area contributed by atoms with Crippen molar-refractivity contribution in [3.05, 3.63) is 71.8 Å². The molecule has 0 heterocycles. The van der Waals surface area contributed by atoms with Crippen LogP contribution in [0.3, 0.4) is 0 Å². The second-order valence-electron chi connectivity index (χ2n) is 13.4. The summed E-state index contributed by atoms with van der Waals surface area (Å²) >= 11 is 0. The summed E-state index contributed by atoms with van der Waals surface area (Å²) < 4.78 is 6.54. The van der Waals surface area contributed by atoms with Crippen LogP contribution in [0.2, 0.25) is 0 Å². The Kier molecular flexibility index (Phi) is 10.1. The smallest absolute Gasteiger partial charge is 0.309 e. The van der Waals surface area contributed by atoms with E-state index in [4.69, 9.17) is 4.74 Å². The molecule has 0 aromatic heterocycles. The summed E-state index contributed by atoms with van der Waals surface area (Å²) in [4.78, 5) is 27.7. The lowest BCUT2D eigenvalue weighted by atomic mass is 9.68. The molecule has 0 N–H and O–H groups in total. The minimum atomic E-state index is -0.653. The third kappa shape index (κ3) is 7.21. The van der Waals surface area contributed by atoms with E-state index in [0.717, 1.165) is 68.4 Å². The minimum Gasteiger partial charge on any atom is -0.456 e. The molecule has 0 bridgehead atoms. The van der Waals surface area contributed by atoms with E-state index in [1.807, 2.05) is 48.5 Å². The van der Waals surface area contributed by atoms with Crippen LogP contribution in [-0.2, 0) is 19.7 Å². The summed E-state index contributed by atoms with van der Waals surface area (Å²) in [5.41, 5.74) is 1.36. The van der Waals surface area contributed by atoms with Crippen molar-refractivity contribution in [1.82, 2.24) is 0 Å². The number of rotatable bonds is 10. The van der Waals surface area contributed by atoms with Crippen molar-refractivity contribution >= 4 is 11.8 Å². The van der Waals surface area contributed by atoms with E-state index in [-0.39, 0.29) is 17.8 Å². The second kappa shape index (κ2) is 13.3. The zero-order valence-corrected chi connectivity index (χ0v) is 24.9. The number of hydrogen-bond donors (Lipinski definition) is 0. The number of carbonyl (C=O) groups excluding carboxylic acids is 2. The second-order valence-corrected chi connectivity index (χ2v) is 13.4. The van der Waals surface area contributed by atoms with Crippen LogP contribution in [0.1, 0.15) is 110 Å². The molecule has 2 aromatic carbocycles. The lowest BCUT2D eigenvalue weighted by Gasteiger charge is -2.40. The fraction of sp³-hybridized carbons (Fsp3) is 0.611. The third-order valence-electron chi connectivity index (χ3n) is 10.1. The first-order valence-electron chi connectivity index (χ1n) is 15.5. The van der Waals surface area contributed by atoms with Crippen molar-refractivity contribution < 1.29 is 14.3 Å². The van der Waals surface area contributed by atoms with Crippen LogP contribution < -0.4 is 0 Å². The highest BCUT2D eigenvalue weighted by atomic mass is 16.5. The molecule has 3 heteroatoms. The SMILES string of the molecule is CC(C)C1CCC(C(=O)C[C@](C)(c2ccccc2)C(OC(=O)C2CCC(C(C)C)CC2)c2ccccc2)CC1. The van der Waals surface area contributed by atoms with Crippen molar-refractivity contribution in [2.75, 3.05) is 0 Å². The quantitative estimate of drug-likeness (QED) is 0.288. The molecule has 2 aliphatic carbocycles. The summed E-state index contributed by atoms with van der Waals surface area (Å²) in [7, 11) is 0.